The highest BCUT2D eigenvalue weighted by atomic mass is 79.9. The fourth-order valence-electron chi connectivity index (χ4n) is 3.26. The Morgan fingerprint density at radius 1 is 1.23 bits per heavy atom. The van der Waals surface area contributed by atoms with Crippen LogP contribution in [0.5, 0.6) is 0 Å². The van der Waals surface area contributed by atoms with Gasteiger partial charge in [0.2, 0.25) is 5.95 Å². The van der Waals surface area contributed by atoms with Crippen molar-refractivity contribution in [2.24, 2.45) is 0 Å². The molecule has 1 aliphatic heterocycles. The summed E-state index contributed by atoms with van der Waals surface area (Å²) < 4.78 is 6.92. The molecule has 0 unspecified atom stereocenters. The third-order valence-corrected chi connectivity index (χ3v) is 5.18. The van der Waals surface area contributed by atoms with E-state index in [0.29, 0.717) is 11.1 Å². The van der Waals surface area contributed by atoms with Crippen molar-refractivity contribution in [1.29, 1.82) is 0 Å². The number of allylic oxidation sites excluding steroid dienone is 1. The van der Waals surface area contributed by atoms with Crippen LogP contribution in [-0.2, 0) is 9.53 Å². The number of ketones is 1. The van der Waals surface area contributed by atoms with E-state index in [1.165, 1.54) is 30.0 Å². The van der Waals surface area contributed by atoms with Crippen LogP contribution >= 0.6 is 15.9 Å². The van der Waals surface area contributed by atoms with Gasteiger partial charge in [-0.05, 0) is 40.3 Å². The maximum absolute atomic E-state index is 13.5. The zero-order chi connectivity index (χ0) is 22.1. The van der Waals surface area contributed by atoms with Gasteiger partial charge in [0.05, 0.1) is 17.6 Å². The summed E-state index contributed by atoms with van der Waals surface area (Å²) in [5.41, 5.74) is 0.323. The van der Waals surface area contributed by atoms with Gasteiger partial charge in [-0.3, -0.25) is 14.9 Å². The minimum absolute atomic E-state index is 0.00512. The summed E-state index contributed by atoms with van der Waals surface area (Å²) in [7, 11) is 1.18. The minimum Gasteiger partial charge on any atom is -0.464 e. The number of non-ortho nitro benzene ring substituents is 1. The Bertz CT molecular complexity index is 1240. The lowest BCUT2D eigenvalue weighted by Gasteiger charge is -2.28. The number of tetrazole rings is 1. The van der Waals surface area contributed by atoms with Crippen molar-refractivity contribution in [3.63, 3.8) is 0 Å². The maximum Gasteiger partial charge on any atom is 0.355 e. The highest BCUT2D eigenvalue weighted by Gasteiger charge is 2.39. The number of nitro groups is 1. The van der Waals surface area contributed by atoms with E-state index in [-0.39, 0.29) is 22.9 Å². The first-order valence-corrected chi connectivity index (χ1v) is 9.62. The molecular weight excluding hydrogens is 472 g/mol. The molecule has 0 saturated heterocycles. The molecule has 156 valence electrons. The third kappa shape index (κ3) is 3.68. The summed E-state index contributed by atoms with van der Waals surface area (Å²) in [6, 6.07) is 11.3. The van der Waals surface area contributed by atoms with Crippen LogP contribution < -0.4 is 5.32 Å². The molecule has 0 aliphatic carbocycles. The SMILES string of the molecule is COC(=O)C1=C(C(=O)c2ccc(Br)cc2)[C@H](c2cccc([N+](=O)[O-])c2)n2nnnc2N1. The van der Waals surface area contributed by atoms with Gasteiger partial charge < -0.3 is 10.1 Å². The fourth-order valence-corrected chi connectivity index (χ4v) is 3.53. The summed E-state index contributed by atoms with van der Waals surface area (Å²) in [4.78, 5) is 36.9. The summed E-state index contributed by atoms with van der Waals surface area (Å²) >= 11 is 3.32. The van der Waals surface area contributed by atoms with Crippen molar-refractivity contribution in [3.8, 4) is 0 Å². The van der Waals surface area contributed by atoms with Crippen LogP contribution in [0.3, 0.4) is 0 Å². The molecule has 1 atom stereocenters. The number of nitrogens with one attached hydrogen (secondary N) is 1. The Balaban J connectivity index is 1.96. The number of aromatic nitrogens is 4. The molecule has 0 radical (unpaired) electrons. The number of hydrogen-bond donors (Lipinski definition) is 1. The molecule has 12 heteroatoms. The van der Waals surface area contributed by atoms with Gasteiger partial charge in [0.15, 0.2) is 5.78 Å². The number of hydrogen-bond acceptors (Lipinski definition) is 9. The number of halogens is 1. The van der Waals surface area contributed by atoms with Gasteiger partial charge in [-0.25, -0.2) is 4.79 Å². The Morgan fingerprint density at radius 2 is 1.97 bits per heavy atom. The number of rotatable bonds is 5. The Kier molecular flexibility index (Phi) is 5.29. The number of ether oxygens (including phenoxy) is 1. The molecule has 0 amide bonds. The average Bonchev–Trinajstić information content (AvgIpc) is 3.25. The first-order valence-electron chi connectivity index (χ1n) is 8.82. The number of carbonyl (C=O) groups is 2. The van der Waals surface area contributed by atoms with Crippen molar-refractivity contribution >= 4 is 39.3 Å². The lowest BCUT2D eigenvalue weighted by molar-refractivity contribution is -0.384. The number of esters is 1. The first-order chi connectivity index (χ1) is 14.9. The molecule has 11 nitrogen and oxygen atoms in total. The molecule has 0 saturated carbocycles. The maximum atomic E-state index is 13.5. The first kappa shape index (κ1) is 20.3. The quantitative estimate of drug-likeness (QED) is 0.250. The number of carbonyl (C=O) groups excluding carboxylic acids is 2. The van der Waals surface area contributed by atoms with Crippen LogP contribution in [0.2, 0.25) is 0 Å². The van der Waals surface area contributed by atoms with E-state index in [1.54, 1.807) is 30.3 Å². The van der Waals surface area contributed by atoms with Crippen LogP contribution in [0.15, 0.2) is 64.3 Å². The average molecular weight is 485 g/mol. The predicted molar refractivity (Wildman–Crippen MR) is 110 cm³/mol. The van der Waals surface area contributed by atoms with Crippen LogP contribution in [0.4, 0.5) is 11.6 Å². The summed E-state index contributed by atoms with van der Waals surface area (Å²) in [6.45, 7) is 0. The van der Waals surface area contributed by atoms with E-state index >= 15 is 0 Å². The van der Waals surface area contributed by atoms with E-state index < -0.39 is 22.7 Å². The molecule has 2 heterocycles. The second-order valence-electron chi connectivity index (χ2n) is 6.44. The van der Waals surface area contributed by atoms with Gasteiger partial charge in [-0.2, -0.15) is 4.68 Å². The van der Waals surface area contributed by atoms with Crippen molar-refractivity contribution in [2.45, 2.75) is 6.04 Å². The van der Waals surface area contributed by atoms with Gasteiger partial charge >= 0.3 is 5.97 Å². The number of benzene rings is 2. The lowest BCUT2D eigenvalue weighted by Crippen LogP contribution is -2.33. The van der Waals surface area contributed by atoms with E-state index in [0.717, 1.165) is 4.47 Å². The monoisotopic (exact) mass is 484 g/mol. The highest BCUT2D eigenvalue weighted by Crippen LogP contribution is 2.37. The number of nitro benzene ring substituents is 1. The predicted octanol–water partition coefficient (Wildman–Crippen LogP) is 2.67. The number of fused-ring (bicyclic) bond motifs is 1. The van der Waals surface area contributed by atoms with Crippen LogP contribution in [0, 0.1) is 10.1 Å². The molecular formula is C19H13BrN6O5. The molecule has 2 aromatic carbocycles. The molecule has 1 aliphatic rings. The largest absolute Gasteiger partial charge is 0.464 e. The van der Waals surface area contributed by atoms with Crippen LogP contribution in [-0.4, -0.2) is 44.0 Å². The van der Waals surface area contributed by atoms with Gasteiger partial charge in [0, 0.05) is 22.2 Å². The molecule has 0 fully saturated rings. The zero-order valence-electron chi connectivity index (χ0n) is 15.9. The van der Waals surface area contributed by atoms with E-state index in [4.69, 9.17) is 4.74 Å². The zero-order valence-corrected chi connectivity index (χ0v) is 17.4. The Hall–Kier alpha value is -3.93. The van der Waals surface area contributed by atoms with Crippen LogP contribution in [0.1, 0.15) is 22.0 Å². The second-order valence-corrected chi connectivity index (χ2v) is 7.36. The molecule has 0 spiro atoms. The van der Waals surface area contributed by atoms with Crippen LogP contribution in [0.25, 0.3) is 0 Å². The van der Waals surface area contributed by atoms with Crippen molar-refractivity contribution < 1.29 is 19.2 Å². The summed E-state index contributed by atoms with van der Waals surface area (Å²) in [5, 5.41) is 25.4. The Labute approximate surface area is 183 Å². The van der Waals surface area contributed by atoms with Crippen molar-refractivity contribution in [2.75, 3.05) is 12.4 Å². The molecule has 1 aromatic heterocycles. The lowest BCUT2D eigenvalue weighted by atomic mass is 9.89. The van der Waals surface area contributed by atoms with E-state index in [1.807, 2.05) is 0 Å². The van der Waals surface area contributed by atoms with Crippen molar-refractivity contribution in [1.82, 2.24) is 20.2 Å². The smallest absolute Gasteiger partial charge is 0.355 e. The highest BCUT2D eigenvalue weighted by molar-refractivity contribution is 9.10. The number of nitrogens with zero attached hydrogens (tertiary/aromatic N) is 5. The normalized spacial score (nSPS) is 15.1. The third-order valence-electron chi connectivity index (χ3n) is 4.65. The van der Waals surface area contributed by atoms with Gasteiger partial charge in [0.25, 0.3) is 5.69 Å². The molecule has 0 bridgehead atoms. The number of methoxy groups -OCH3 is 1. The second kappa shape index (κ2) is 8.07. The standard InChI is InChI=1S/C19H13BrN6O5/c1-31-18(28)15-14(17(27)10-5-7-12(20)8-6-10)16(25-19(21-15)22-23-24-25)11-3-2-4-13(9-11)26(29)30/h2-9,16H,1H3,(H,21,22,24)/t16-/m0/s1. The van der Waals surface area contributed by atoms with Gasteiger partial charge in [-0.15, -0.1) is 0 Å². The molecule has 31 heavy (non-hydrogen) atoms. The topological polar surface area (TPSA) is 142 Å². The molecule has 1 N–H and O–H groups in total. The fraction of sp³-hybridized carbons (Fsp3) is 0.105. The van der Waals surface area contributed by atoms with E-state index in [9.17, 15) is 19.7 Å². The summed E-state index contributed by atoms with van der Waals surface area (Å²) in [5.74, 6) is -1.20. The van der Waals surface area contributed by atoms with Crippen molar-refractivity contribution in [3.05, 3.63) is 85.5 Å². The Morgan fingerprint density at radius 3 is 2.65 bits per heavy atom. The molecule has 3 aromatic rings. The van der Waals surface area contributed by atoms with Gasteiger partial charge in [-0.1, -0.05) is 33.2 Å². The van der Waals surface area contributed by atoms with E-state index in [2.05, 4.69) is 36.8 Å². The summed E-state index contributed by atoms with van der Waals surface area (Å²) in [6.07, 6.45) is 0. The number of anilines is 1. The van der Waals surface area contributed by atoms with Gasteiger partial charge in [0.1, 0.15) is 11.7 Å². The number of Topliss-reactive ketones (excluding diaryl/α,β-unsaturated/α-hetero) is 1. The minimum atomic E-state index is -1.00. The molecule has 4 rings (SSSR count).